The predicted molar refractivity (Wildman–Crippen MR) is 156 cm³/mol. The molecule has 2 amide bonds. The summed E-state index contributed by atoms with van der Waals surface area (Å²) in [5.41, 5.74) is 5.02. The summed E-state index contributed by atoms with van der Waals surface area (Å²) in [5, 5.41) is 19.2. The van der Waals surface area contributed by atoms with E-state index in [2.05, 4.69) is 11.4 Å². The molecule has 1 aromatic heterocycles. The summed E-state index contributed by atoms with van der Waals surface area (Å²) >= 11 is 0. The number of nitrogens with zero attached hydrogens (tertiary/aromatic N) is 4. The molecule has 0 aliphatic carbocycles. The zero-order chi connectivity index (χ0) is 29.0. The third-order valence-corrected chi connectivity index (χ3v) is 6.49. The van der Waals surface area contributed by atoms with Crippen LogP contribution in [0.4, 0.5) is 11.5 Å². The molecular weight excluding hydrogens is 506 g/mol. The van der Waals surface area contributed by atoms with Crippen molar-refractivity contribution in [2.75, 3.05) is 18.4 Å². The standard InChI is InChI=1S/C31H33N5O4/c1-20(2)18-34(31(38)25-13-12-22(4)28(16-25)36(39)40)19-30(37)32-29-17-26(24-9-7-6-8-10-24)33-35(29)27-14-11-21(3)15-23(27)5/h6-17,20H,18-19H2,1-5H3,(H,32,37). The average molecular weight is 540 g/mol. The number of rotatable bonds is 9. The molecule has 0 aliphatic heterocycles. The first kappa shape index (κ1) is 28.2. The van der Waals surface area contributed by atoms with Crippen LogP contribution >= 0.6 is 0 Å². The van der Waals surface area contributed by atoms with Crippen molar-refractivity contribution in [3.63, 3.8) is 0 Å². The molecule has 1 N–H and O–H groups in total. The van der Waals surface area contributed by atoms with E-state index in [4.69, 9.17) is 5.10 Å². The highest BCUT2D eigenvalue weighted by Crippen LogP contribution is 2.27. The molecule has 0 fully saturated rings. The van der Waals surface area contributed by atoms with E-state index in [1.54, 1.807) is 23.7 Å². The predicted octanol–water partition coefficient (Wildman–Crippen LogP) is 6.11. The number of amides is 2. The van der Waals surface area contributed by atoms with Crippen LogP contribution in [0.3, 0.4) is 0 Å². The Hall–Kier alpha value is -4.79. The molecule has 0 saturated carbocycles. The Labute approximate surface area is 233 Å². The van der Waals surface area contributed by atoms with E-state index in [0.717, 1.165) is 22.4 Å². The molecule has 1 heterocycles. The van der Waals surface area contributed by atoms with Crippen LogP contribution in [0.15, 0.2) is 72.8 Å². The Morgan fingerprint density at radius 1 is 0.975 bits per heavy atom. The number of carbonyl (C=O) groups excluding carboxylic acids is 2. The fraction of sp³-hybridized carbons (Fsp3) is 0.258. The van der Waals surface area contributed by atoms with Gasteiger partial charge in [-0.1, -0.05) is 67.9 Å². The molecule has 0 saturated heterocycles. The van der Waals surface area contributed by atoms with Gasteiger partial charge in [-0.15, -0.1) is 0 Å². The van der Waals surface area contributed by atoms with Crippen molar-refractivity contribution < 1.29 is 14.5 Å². The molecule has 0 bridgehead atoms. The van der Waals surface area contributed by atoms with E-state index >= 15 is 0 Å². The van der Waals surface area contributed by atoms with E-state index in [1.807, 2.05) is 76.2 Å². The van der Waals surface area contributed by atoms with Crippen LogP contribution in [0, 0.1) is 36.8 Å². The number of aryl methyl sites for hydroxylation is 3. The first-order valence-electron chi connectivity index (χ1n) is 13.1. The van der Waals surface area contributed by atoms with Gasteiger partial charge in [0.15, 0.2) is 0 Å². The number of anilines is 1. The highest BCUT2D eigenvalue weighted by atomic mass is 16.6. The van der Waals surface area contributed by atoms with Gasteiger partial charge in [0.1, 0.15) is 12.4 Å². The molecule has 40 heavy (non-hydrogen) atoms. The van der Waals surface area contributed by atoms with Gasteiger partial charge >= 0.3 is 0 Å². The summed E-state index contributed by atoms with van der Waals surface area (Å²) in [6.07, 6.45) is 0. The number of hydrogen-bond donors (Lipinski definition) is 1. The second-order valence-electron chi connectivity index (χ2n) is 10.4. The van der Waals surface area contributed by atoms with E-state index in [-0.39, 0.29) is 23.7 Å². The maximum atomic E-state index is 13.4. The van der Waals surface area contributed by atoms with Crippen molar-refractivity contribution in [3.05, 3.63) is 105 Å². The zero-order valence-corrected chi connectivity index (χ0v) is 23.3. The summed E-state index contributed by atoms with van der Waals surface area (Å²) in [6.45, 7) is 9.59. The van der Waals surface area contributed by atoms with Gasteiger partial charge in [0.05, 0.1) is 16.3 Å². The number of aromatic nitrogens is 2. The van der Waals surface area contributed by atoms with Gasteiger partial charge in [-0.2, -0.15) is 5.10 Å². The van der Waals surface area contributed by atoms with Crippen LogP contribution in [0.2, 0.25) is 0 Å². The SMILES string of the molecule is Cc1ccc(-n2nc(-c3ccccc3)cc2NC(=O)CN(CC(C)C)C(=O)c2ccc(C)c([N+](=O)[O-])c2)c(C)c1. The number of carbonyl (C=O) groups is 2. The Morgan fingerprint density at radius 2 is 1.70 bits per heavy atom. The smallest absolute Gasteiger partial charge is 0.273 e. The van der Waals surface area contributed by atoms with Gasteiger partial charge in [-0.3, -0.25) is 19.7 Å². The largest absolute Gasteiger partial charge is 0.329 e. The third-order valence-electron chi connectivity index (χ3n) is 6.49. The number of nitrogens with one attached hydrogen (secondary N) is 1. The molecule has 0 unspecified atom stereocenters. The molecule has 0 aliphatic rings. The average Bonchev–Trinajstić information content (AvgIpc) is 3.31. The number of nitro groups is 1. The van der Waals surface area contributed by atoms with Gasteiger partial charge in [0, 0.05) is 35.4 Å². The van der Waals surface area contributed by atoms with Crippen LogP contribution in [-0.2, 0) is 4.79 Å². The Kier molecular flexibility index (Phi) is 8.43. The van der Waals surface area contributed by atoms with Crippen LogP contribution < -0.4 is 5.32 Å². The van der Waals surface area contributed by atoms with Crippen molar-refractivity contribution in [1.29, 1.82) is 0 Å². The fourth-order valence-corrected chi connectivity index (χ4v) is 4.58. The van der Waals surface area contributed by atoms with Gasteiger partial charge in [0.2, 0.25) is 5.91 Å². The first-order valence-corrected chi connectivity index (χ1v) is 13.1. The molecule has 4 aromatic rings. The van der Waals surface area contributed by atoms with Crippen molar-refractivity contribution >= 4 is 23.3 Å². The fourth-order valence-electron chi connectivity index (χ4n) is 4.58. The molecule has 9 nitrogen and oxygen atoms in total. The summed E-state index contributed by atoms with van der Waals surface area (Å²) in [4.78, 5) is 39.1. The summed E-state index contributed by atoms with van der Waals surface area (Å²) in [7, 11) is 0. The first-order chi connectivity index (χ1) is 19.0. The van der Waals surface area contributed by atoms with Crippen LogP contribution in [0.1, 0.15) is 40.9 Å². The van der Waals surface area contributed by atoms with Crippen molar-refractivity contribution in [2.24, 2.45) is 5.92 Å². The van der Waals surface area contributed by atoms with Gasteiger partial charge < -0.3 is 10.2 Å². The molecular formula is C31H33N5O4. The summed E-state index contributed by atoms with van der Waals surface area (Å²) in [6, 6.07) is 21.9. The van der Waals surface area contributed by atoms with Crippen LogP contribution in [-0.4, -0.2) is 44.5 Å². The molecule has 0 radical (unpaired) electrons. The Balaban J connectivity index is 1.65. The number of hydrogen-bond acceptors (Lipinski definition) is 5. The van der Waals surface area contributed by atoms with Gasteiger partial charge in [0.25, 0.3) is 11.6 Å². The minimum Gasteiger partial charge on any atom is -0.329 e. The maximum absolute atomic E-state index is 13.4. The van der Waals surface area contributed by atoms with E-state index < -0.39 is 16.7 Å². The van der Waals surface area contributed by atoms with E-state index in [0.29, 0.717) is 23.6 Å². The van der Waals surface area contributed by atoms with Gasteiger partial charge in [-0.25, -0.2) is 4.68 Å². The van der Waals surface area contributed by atoms with E-state index in [9.17, 15) is 19.7 Å². The topological polar surface area (TPSA) is 110 Å². The summed E-state index contributed by atoms with van der Waals surface area (Å²) in [5.74, 6) is -0.303. The van der Waals surface area contributed by atoms with Crippen molar-refractivity contribution in [1.82, 2.24) is 14.7 Å². The van der Waals surface area contributed by atoms with Gasteiger partial charge in [-0.05, 0) is 44.4 Å². The Morgan fingerprint density at radius 3 is 2.35 bits per heavy atom. The molecule has 9 heteroatoms. The van der Waals surface area contributed by atoms with E-state index in [1.165, 1.54) is 11.0 Å². The lowest BCUT2D eigenvalue weighted by molar-refractivity contribution is -0.385. The quantitative estimate of drug-likeness (QED) is 0.204. The zero-order valence-electron chi connectivity index (χ0n) is 23.3. The van der Waals surface area contributed by atoms with Crippen LogP contribution in [0.5, 0.6) is 0 Å². The minimum atomic E-state index is -0.510. The molecule has 206 valence electrons. The lowest BCUT2D eigenvalue weighted by Gasteiger charge is -2.24. The second kappa shape index (κ2) is 11.9. The highest BCUT2D eigenvalue weighted by molar-refractivity contribution is 5.99. The Bertz CT molecular complexity index is 1560. The minimum absolute atomic E-state index is 0.0719. The number of nitro benzene ring substituents is 1. The van der Waals surface area contributed by atoms with Crippen LogP contribution in [0.25, 0.3) is 16.9 Å². The lowest BCUT2D eigenvalue weighted by Crippen LogP contribution is -2.40. The number of benzene rings is 3. The molecule has 4 rings (SSSR count). The van der Waals surface area contributed by atoms with Crippen molar-refractivity contribution in [3.8, 4) is 16.9 Å². The monoisotopic (exact) mass is 539 g/mol. The third kappa shape index (κ3) is 6.43. The molecule has 0 atom stereocenters. The molecule has 0 spiro atoms. The summed E-state index contributed by atoms with van der Waals surface area (Å²) < 4.78 is 1.70. The van der Waals surface area contributed by atoms with Crippen molar-refractivity contribution in [2.45, 2.75) is 34.6 Å². The highest BCUT2D eigenvalue weighted by Gasteiger charge is 2.24. The second-order valence-corrected chi connectivity index (χ2v) is 10.4. The normalized spacial score (nSPS) is 10.9. The molecule has 3 aromatic carbocycles. The lowest BCUT2D eigenvalue weighted by atomic mass is 10.1. The maximum Gasteiger partial charge on any atom is 0.273 e.